The van der Waals surface area contributed by atoms with Gasteiger partial charge in [0.25, 0.3) is 5.22 Å². The average molecular weight is 473 g/mol. The third-order valence-electron chi connectivity index (χ3n) is 3.95. The summed E-state index contributed by atoms with van der Waals surface area (Å²) in [5, 5.41) is 15.2. The number of pyridine rings is 1. The largest absolute Gasteiger partial charge is 0.462 e. The van der Waals surface area contributed by atoms with Crippen molar-refractivity contribution in [2.24, 2.45) is 0 Å². The summed E-state index contributed by atoms with van der Waals surface area (Å²) in [6.07, 6.45) is 3.27. The van der Waals surface area contributed by atoms with Crippen molar-refractivity contribution in [2.75, 3.05) is 17.7 Å². The third-order valence-corrected chi connectivity index (χ3v) is 6.57. The van der Waals surface area contributed by atoms with Crippen LogP contribution in [0.3, 0.4) is 0 Å². The number of hydrogen-bond acceptors (Lipinski definition) is 10. The smallest absolute Gasteiger partial charge is 0.341 e. The molecule has 8 nitrogen and oxygen atoms in total. The van der Waals surface area contributed by atoms with Crippen LogP contribution in [0.5, 0.6) is 0 Å². The Morgan fingerprint density at radius 2 is 2.13 bits per heavy atom. The van der Waals surface area contributed by atoms with Crippen molar-refractivity contribution in [3.05, 3.63) is 53.0 Å². The third kappa shape index (κ3) is 5.01. The van der Waals surface area contributed by atoms with E-state index in [9.17, 15) is 9.59 Å². The van der Waals surface area contributed by atoms with Crippen molar-refractivity contribution in [3.8, 4) is 21.9 Å². The Kier molecular flexibility index (Phi) is 6.75. The van der Waals surface area contributed by atoms with Crippen LogP contribution in [-0.2, 0) is 9.53 Å². The highest BCUT2D eigenvalue weighted by Gasteiger charge is 2.23. The van der Waals surface area contributed by atoms with Gasteiger partial charge in [0.15, 0.2) is 0 Å². The first-order valence-electron chi connectivity index (χ1n) is 9.14. The zero-order chi connectivity index (χ0) is 21.6. The molecule has 0 saturated carbocycles. The summed E-state index contributed by atoms with van der Waals surface area (Å²) in [6.45, 7) is 1.99. The zero-order valence-electron chi connectivity index (χ0n) is 16.2. The van der Waals surface area contributed by atoms with Crippen LogP contribution in [0.15, 0.2) is 57.1 Å². The van der Waals surface area contributed by atoms with Crippen LogP contribution in [0.4, 0.5) is 5.00 Å². The summed E-state index contributed by atoms with van der Waals surface area (Å²) in [5.41, 5.74) is 1.81. The molecule has 0 aliphatic rings. The molecule has 0 fully saturated rings. The minimum absolute atomic E-state index is 0.0448. The molecule has 0 aliphatic carbocycles. The topological polar surface area (TPSA) is 107 Å². The Labute approximate surface area is 189 Å². The summed E-state index contributed by atoms with van der Waals surface area (Å²) in [5.74, 6) is -0.382. The first kappa shape index (κ1) is 21.2. The van der Waals surface area contributed by atoms with Gasteiger partial charge in [-0.1, -0.05) is 17.8 Å². The van der Waals surface area contributed by atoms with Crippen molar-refractivity contribution in [3.63, 3.8) is 0 Å². The van der Waals surface area contributed by atoms with Crippen molar-refractivity contribution < 1.29 is 18.7 Å². The number of carbonyl (C=O) groups is 2. The number of anilines is 1. The van der Waals surface area contributed by atoms with Crippen LogP contribution in [0, 0.1) is 0 Å². The Bertz CT molecular complexity index is 1170. The second-order valence-corrected chi connectivity index (χ2v) is 8.76. The first-order valence-corrected chi connectivity index (χ1v) is 11.9. The van der Waals surface area contributed by atoms with Crippen LogP contribution in [0.25, 0.3) is 21.9 Å². The van der Waals surface area contributed by atoms with Gasteiger partial charge in [0.05, 0.1) is 17.9 Å². The number of rotatable bonds is 8. The maximum atomic E-state index is 12.5. The Balaban J connectivity index is 1.44. The highest BCUT2D eigenvalue weighted by Crippen LogP contribution is 2.38. The van der Waals surface area contributed by atoms with E-state index in [0.29, 0.717) is 22.0 Å². The van der Waals surface area contributed by atoms with Gasteiger partial charge in [-0.15, -0.1) is 32.9 Å². The molecule has 4 aromatic rings. The van der Waals surface area contributed by atoms with Crippen LogP contribution < -0.4 is 5.32 Å². The van der Waals surface area contributed by atoms with Gasteiger partial charge in [-0.2, -0.15) is 0 Å². The molecule has 0 spiro atoms. The van der Waals surface area contributed by atoms with E-state index in [-0.39, 0.29) is 23.5 Å². The molecule has 31 heavy (non-hydrogen) atoms. The van der Waals surface area contributed by atoms with Crippen molar-refractivity contribution in [1.29, 1.82) is 0 Å². The molecule has 0 radical (unpaired) electrons. The molecule has 0 aliphatic heterocycles. The number of esters is 1. The monoisotopic (exact) mass is 472 g/mol. The molecule has 0 saturated heterocycles. The van der Waals surface area contributed by atoms with Crippen molar-refractivity contribution >= 4 is 51.3 Å². The van der Waals surface area contributed by atoms with Gasteiger partial charge >= 0.3 is 5.97 Å². The zero-order valence-corrected chi connectivity index (χ0v) is 18.7. The normalized spacial score (nSPS) is 10.7. The van der Waals surface area contributed by atoms with Crippen LogP contribution in [-0.4, -0.2) is 39.4 Å². The number of hydrogen-bond donors (Lipinski definition) is 1. The average Bonchev–Trinajstić information content (AvgIpc) is 3.53. The number of ether oxygens (including phenoxy) is 1. The Morgan fingerprint density at radius 1 is 1.23 bits per heavy atom. The number of carbonyl (C=O) groups excluding carboxylic acids is 2. The SMILES string of the molecule is CCOC(=O)c1c(-c2cccs2)csc1NC(=O)CSc1nnc(-c2cccnc2)o1. The number of aromatic nitrogens is 3. The minimum Gasteiger partial charge on any atom is -0.462 e. The van der Waals surface area contributed by atoms with E-state index >= 15 is 0 Å². The summed E-state index contributed by atoms with van der Waals surface area (Å²) in [6, 6.07) is 7.41. The fraction of sp³-hybridized carbons (Fsp3) is 0.150. The van der Waals surface area contributed by atoms with Gasteiger partial charge < -0.3 is 14.5 Å². The molecule has 4 aromatic heterocycles. The molecule has 4 heterocycles. The van der Waals surface area contributed by atoms with E-state index < -0.39 is 5.97 Å². The molecule has 158 valence electrons. The summed E-state index contributed by atoms with van der Waals surface area (Å²) < 4.78 is 10.8. The molecule has 11 heteroatoms. The van der Waals surface area contributed by atoms with E-state index in [1.54, 1.807) is 31.5 Å². The molecule has 1 N–H and O–H groups in total. The summed E-state index contributed by atoms with van der Waals surface area (Å²) in [4.78, 5) is 30.0. The second kappa shape index (κ2) is 9.86. The number of nitrogens with one attached hydrogen (secondary N) is 1. The fourth-order valence-electron chi connectivity index (χ4n) is 2.63. The molecule has 0 unspecified atom stereocenters. The second-order valence-electron chi connectivity index (χ2n) is 6.00. The van der Waals surface area contributed by atoms with Crippen LogP contribution in [0.2, 0.25) is 0 Å². The van der Waals surface area contributed by atoms with E-state index in [2.05, 4.69) is 20.5 Å². The van der Waals surface area contributed by atoms with E-state index in [0.717, 1.165) is 22.2 Å². The lowest BCUT2D eigenvalue weighted by molar-refractivity contribution is -0.113. The van der Waals surface area contributed by atoms with Gasteiger partial charge in [-0.25, -0.2) is 4.79 Å². The highest BCUT2D eigenvalue weighted by atomic mass is 32.2. The molecule has 0 atom stereocenters. The van der Waals surface area contributed by atoms with Crippen molar-refractivity contribution in [1.82, 2.24) is 15.2 Å². The number of thioether (sulfide) groups is 1. The lowest BCUT2D eigenvalue weighted by atomic mass is 10.1. The van der Waals surface area contributed by atoms with E-state index in [4.69, 9.17) is 9.15 Å². The molecule has 0 aromatic carbocycles. The molecular formula is C20H16N4O4S3. The number of nitrogens with zero attached hydrogens (tertiary/aromatic N) is 3. The van der Waals surface area contributed by atoms with E-state index in [1.807, 2.05) is 22.9 Å². The Hall–Kier alpha value is -3.02. The Morgan fingerprint density at radius 3 is 2.87 bits per heavy atom. The first-order chi connectivity index (χ1) is 15.2. The number of amides is 1. The summed E-state index contributed by atoms with van der Waals surface area (Å²) in [7, 11) is 0. The highest BCUT2D eigenvalue weighted by molar-refractivity contribution is 7.99. The van der Waals surface area contributed by atoms with Crippen molar-refractivity contribution in [2.45, 2.75) is 12.1 Å². The molecule has 4 rings (SSSR count). The standard InChI is InChI=1S/C20H16N4O4S3/c1-2-27-19(26)16-13(14-6-4-8-29-14)10-30-18(16)22-15(25)11-31-20-24-23-17(28-20)12-5-3-7-21-9-12/h3-10H,2,11H2,1H3,(H,22,25). The van der Waals surface area contributed by atoms with Crippen LogP contribution in [0.1, 0.15) is 17.3 Å². The van der Waals surface area contributed by atoms with E-state index in [1.165, 1.54) is 22.7 Å². The number of thiophene rings is 2. The minimum atomic E-state index is -0.465. The fourth-order valence-corrected chi connectivity index (χ4v) is 4.98. The molecule has 1 amide bonds. The van der Waals surface area contributed by atoms with Gasteiger partial charge in [0.1, 0.15) is 10.6 Å². The maximum Gasteiger partial charge on any atom is 0.341 e. The lowest BCUT2D eigenvalue weighted by Crippen LogP contribution is -2.16. The van der Waals surface area contributed by atoms with Gasteiger partial charge in [0, 0.05) is 28.2 Å². The summed E-state index contributed by atoms with van der Waals surface area (Å²) >= 11 is 3.91. The van der Waals surface area contributed by atoms with Crippen LogP contribution >= 0.6 is 34.4 Å². The quantitative estimate of drug-likeness (QED) is 0.287. The maximum absolute atomic E-state index is 12.5. The molecule has 0 bridgehead atoms. The van der Waals surface area contributed by atoms with Gasteiger partial charge in [-0.05, 0) is 30.5 Å². The van der Waals surface area contributed by atoms with Gasteiger partial charge in [-0.3, -0.25) is 9.78 Å². The van der Waals surface area contributed by atoms with Gasteiger partial charge in [0.2, 0.25) is 11.8 Å². The molecular weight excluding hydrogens is 456 g/mol. The predicted octanol–water partition coefficient (Wildman–Crippen LogP) is 4.83. The lowest BCUT2D eigenvalue weighted by Gasteiger charge is -2.07. The predicted molar refractivity (Wildman–Crippen MR) is 120 cm³/mol.